The maximum absolute atomic E-state index is 3.84. The molecule has 0 radical (unpaired) electrons. The molecule has 16 heavy (non-hydrogen) atoms. The van der Waals surface area contributed by atoms with E-state index < -0.39 is 0 Å². The summed E-state index contributed by atoms with van der Waals surface area (Å²) in [7, 11) is 0. The van der Waals surface area contributed by atoms with Crippen LogP contribution in [0.3, 0.4) is 0 Å². The molecule has 1 atom stereocenters. The molecule has 0 aromatic heterocycles. The lowest BCUT2D eigenvalue weighted by Crippen LogP contribution is -2.39. The topological polar surface area (TPSA) is 12.0 Å². The molecule has 1 fully saturated rings. The van der Waals surface area contributed by atoms with Crippen molar-refractivity contribution < 1.29 is 0 Å². The van der Waals surface area contributed by atoms with E-state index >= 15 is 0 Å². The fourth-order valence-electron chi connectivity index (χ4n) is 3.08. The van der Waals surface area contributed by atoms with Gasteiger partial charge in [-0.05, 0) is 37.6 Å². The molecule has 1 rings (SSSR count). The maximum Gasteiger partial charge on any atom is 0.00928 e. The van der Waals surface area contributed by atoms with E-state index in [0.29, 0.717) is 0 Å². The fourth-order valence-corrected chi connectivity index (χ4v) is 3.08. The van der Waals surface area contributed by atoms with Gasteiger partial charge in [0.15, 0.2) is 0 Å². The number of nitrogens with one attached hydrogen (secondary N) is 1. The molecule has 0 amide bonds. The van der Waals surface area contributed by atoms with Gasteiger partial charge in [0, 0.05) is 6.04 Å². The SMILES string of the molecule is CCC(CC)CNC(CC)C1CCCCC1. The molecule has 1 heteroatoms. The average Bonchev–Trinajstić information content (AvgIpc) is 2.36. The Morgan fingerprint density at radius 1 is 0.938 bits per heavy atom. The minimum Gasteiger partial charge on any atom is -0.313 e. The third kappa shape index (κ3) is 4.45. The zero-order chi connectivity index (χ0) is 11.8. The minimum atomic E-state index is 0.792. The lowest BCUT2D eigenvalue weighted by atomic mass is 9.82. The monoisotopic (exact) mass is 225 g/mol. The predicted octanol–water partition coefficient (Wildman–Crippen LogP) is 4.37. The number of hydrogen-bond acceptors (Lipinski definition) is 1. The third-order valence-corrected chi connectivity index (χ3v) is 4.48. The summed E-state index contributed by atoms with van der Waals surface area (Å²) in [4.78, 5) is 0. The standard InChI is InChI=1S/C15H31N/c1-4-13(5-2)12-16-15(6-3)14-10-8-7-9-11-14/h13-16H,4-12H2,1-3H3. The summed E-state index contributed by atoms with van der Waals surface area (Å²) in [5, 5.41) is 3.84. The summed E-state index contributed by atoms with van der Waals surface area (Å²) in [6, 6.07) is 0.792. The van der Waals surface area contributed by atoms with E-state index in [0.717, 1.165) is 17.9 Å². The van der Waals surface area contributed by atoms with Crippen LogP contribution < -0.4 is 5.32 Å². The molecule has 1 saturated carbocycles. The van der Waals surface area contributed by atoms with Crippen LogP contribution in [-0.4, -0.2) is 12.6 Å². The third-order valence-electron chi connectivity index (χ3n) is 4.48. The van der Waals surface area contributed by atoms with E-state index in [9.17, 15) is 0 Å². The van der Waals surface area contributed by atoms with E-state index in [1.165, 1.54) is 57.9 Å². The van der Waals surface area contributed by atoms with Crippen molar-refractivity contribution in [3.8, 4) is 0 Å². The lowest BCUT2D eigenvalue weighted by molar-refractivity contribution is 0.251. The molecule has 0 bridgehead atoms. The second-order valence-electron chi connectivity index (χ2n) is 5.50. The van der Waals surface area contributed by atoms with Crippen molar-refractivity contribution in [2.75, 3.05) is 6.54 Å². The van der Waals surface area contributed by atoms with Crippen molar-refractivity contribution in [2.24, 2.45) is 11.8 Å². The van der Waals surface area contributed by atoms with Crippen LogP contribution in [0.4, 0.5) is 0 Å². The van der Waals surface area contributed by atoms with Crippen molar-refractivity contribution >= 4 is 0 Å². The van der Waals surface area contributed by atoms with Gasteiger partial charge in [-0.3, -0.25) is 0 Å². The second kappa shape index (κ2) is 8.11. The largest absolute Gasteiger partial charge is 0.313 e. The molecule has 0 spiro atoms. The first-order valence-corrected chi connectivity index (χ1v) is 7.55. The van der Waals surface area contributed by atoms with Crippen molar-refractivity contribution in [2.45, 2.75) is 78.2 Å². The van der Waals surface area contributed by atoms with E-state index in [1.54, 1.807) is 0 Å². The van der Waals surface area contributed by atoms with Crippen molar-refractivity contribution in [3.63, 3.8) is 0 Å². The zero-order valence-corrected chi connectivity index (χ0v) is 11.6. The molecule has 1 aliphatic rings. The van der Waals surface area contributed by atoms with Gasteiger partial charge in [0.2, 0.25) is 0 Å². The van der Waals surface area contributed by atoms with Gasteiger partial charge >= 0.3 is 0 Å². The highest BCUT2D eigenvalue weighted by Gasteiger charge is 2.22. The quantitative estimate of drug-likeness (QED) is 0.678. The summed E-state index contributed by atoms with van der Waals surface area (Å²) in [5.74, 6) is 1.85. The Balaban J connectivity index is 2.29. The van der Waals surface area contributed by atoms with Crippen LogP contribution in [0.15, 0.2) is 0 Å². The Morgan fingerprint density at radius 2 is 1.56 bits per heavy atom. The molecule has 0 saturated heterocycles. The Morgan fingerprint density at radius 3 is 2.06 bits per heavy atom. The first-order valence-electron chi connectivity index (χ1n) is 7.55. The van der Waals surface area contributed by atoms with Crippen LogP contribution >= 0.6 is 0 Å². The molecule has 0 aliphatic heterocycles. The van der Waals surface area contributed by atoms with E-state index in [2.05, 4.69) is 26.1 Å². The Hall–Kier alpha value is -0.0400. The van der Waals surface area contributed by atoms with Gasteiger partial charge in [0.1, 0.15) is 0 Å². The first kappa shape index (κ1) is 14.0. The molecule has 0 aromatic carbocycles. The van der Waals surface area contributed by atoms with Gasteiger partial charge in [-0.15, -0.1) is 0 Å². The number of hydrogen-bond donors (Lipinski definition) is 1. The first-order chi connectivity index (χ1) is 7.81. The minimum absolute atomic E-state index is 0.792. The lowest BCUT2D eigenvalue weighted by Gasteiger charge is -2.31. The predicted molar refractivity (Wildman–Crippen MR) is 72.7 cm³/mol. The summed E-state index contributed by atoms with van der Waals surface area (Å²) < 4.78 is 0. The van der Waals surface area contributed by atoms with Crippen LogP contribution in [0.5, 0.6) is 0 Å². The fraction of sp³-hybridized carbons (Fsp3) is 1.00. The van der Waals surface area contributed by atoms with Crippen LogP contribution in [0, 0.1) is 11.8 Å². The smallest absolute Gasteiger partial charge is 0.00928 e. The highest BCUT2D eigenvalue weighted by Crippen LogP contribution is 2.27. The Labute approximate surface area is 102 Å². The summed E-state index contributed by atoms with van der Waals surface area (Å²) in [5.41, 5.74) is 0. The summed E-state index contributed by atoms with van der Waals surface area (Å²) >= 11 is 0. The van der Waals surface area contributed by atoms with Gasteiger partial charge < -0.3 is 5.32 Å². The van der Waals surface area contributed by atoms with Gasteiger partial charge in [0.05, 0.1) is 0 Å². The Bertz CT molecular complexity index is 157. The van der Waals surface area contributed by atoms with Gasteiger partial charge in [-0.2, -0.15) is 0 Å². The van der Waals surface area contributed by atoms with Gasteiger partial charge in [0.25, 0.3) is 0 Å². The van der Waals surface area contributed by atoms with Crippen LogP contribution in [-0.2, 0) is 0 Å². The molecule has 1 unspecified atom stereocenters. The summed E-state index contributed by atoms with van der Waals surface area (Å²) in [6.07, 6.45) is 11.3. The molecule has 0 aromatic rings. The number of rotatable bonds is 7. The molecular formula is C15H31N. The molecular weight excluding hydrogens is 194 g/mol. The van der Waals surface area contributed by atoms with Gasteiger partial charge in [-0.25, -0.2) is 0 Å². The highest BCUT2D eigenvalue weighted by atomic mass is 14.9. The van der Waals surface area contributed by atoms with Crippen molar-refractivity contribution in [1.29, 1.82) is 0 Å². The van der Waals surface area contributed by atoms with Gasteiger partial charge in [-0.1, -0.05) is 52.9 Å². The molecule has 0 heterocycles. The van der Waals surface area contributed by atoms with E-state index in [4.69, 9.17) is 0 Å². The van der Waals surface area contributed by atoms with Crippen LogP contribution in [0.2, 0.25) is 0 Å². The van der Waals surface area contributed by atoms with Crippen molar-refractivity contribution in [3.05, 3.63) is 0 Å². The zero-order valence-electron chi connectivity index (χ0n) is 11.6. The molecule has 96 valence electrons. The molecule has 1 N–H and O–H groups in total. The normalized spacial score (nSPS) is 20.2. The van der Waals surface area contributed by atoms with E-state index in [1.807, 2.05) is 0 Å². The van der Waals surface area contributed by atoms with Crippen LogP contribution in [0.25, 0.3) is 0 Å². The maximum atomic E-state index is 3.84. The second-order valence-corrected chi connectivity index (χ2v) is 5.50. The summed E-state index contributed by atoms with van der Waals surface area (Å²) in [6.45, 7) is 8.22. The van der Waals surface area contributed by atoms with Crippen molar-refractivity contribution in [1.82, 2.24) is 5.32 Å². The highest BCUT2D eigenvalue weighted by molar-refractivity contribution is 4.79. The van der Waals surface area contributed by atoms with E-state index in [-0.39, 0.29) is 0 Å². The van der Waals surface area contributed by atoms with Crippen LogP contribution in [0.1, 0.15) is 72.1 Å². The average molecular weight is 225 g/mol. The molecule has 1 aliphatic carbocycles. The molecule has 1 nitrogen and oxygen atoms in total. The Kier molecular flexibility index (Phi) is 7.11.